The van der Waals surface area contributed by atoms with Crippen molar-refractivity contribution in [1.82, 2.24) is 15.5 Å². The summed E-state index contributed by atoms with van der Waals surface area (Å²) in [6.45, 7) is 2.39. The van der Waals surface area contributed by atoms with Gasteiger partial charge in [-0.25, -0.2) is 4.79 Å². The highest BCUT2D eigenvalue weighted by Gasteiger charge is 2.33. The van der Waals surface area contributed by atoms with Gasteiger partial charge in [0.15, 0.2) is 0 Å². The van der Waals surface area contributed by atoms with Gasteiger partial charge in [0.25, 0.3) is 0 Å². The highest BCUT2D eigenvalue weighted by Crippen LogP contribution is 2.37. The van der Waals surface area contributed by atoms with Crippen molar-refractivity contribution < 1.29 is 4.79 Å². The third-order valence-electron chi connectivity index (χ3n) is 6.22. The molecule has 3 fully saturated rings. The van der Waals surface area contributed by atoms with Crippen LogP contribution in [0.25, 0.3) is 0 Å². The van der Waals surface area contributed by atoms with E-state index < -0.39 is 0 Å². The Hall–Kier alpha value is -1.55. The number of carbonyl (C=O) groups excluding carboxylic acids is 1. The van der Waals surface area contributed by atoms with Crippen LogP contribution in [0, 0.1) is 5.92 Å². The molecule has 0 spiro atoms. The largest absolute Gasteiger partial charge is 0.335 e. The fourth-order valence-electron chi connectivity index (χ4n) is 4.63. The number of fused-ring (bicyclic) bond motifs is 1. The van der Waals surface area contributed by atoms with Gasteiger partial charge in [-0.3, -0.25) is 0 Å². The third-order valence-corrected chi connectivity index (χ3v) is 6.22. The Morgan fingerprint density at radius 3 is 2.62 bits per heavy atom. The molecule has 4 heteroatoms. The molecule has 2 aliphatic heterocycles. The van der Waals surface area contributed by atoms with E-state index in [0.717, 1.165) is 19.4 Å². The van der Waals surface area contributed by atoms with E-state index in [9.17, 15) is 4.79 Å². The van der Waals surface area contributed by atoms with E-state index in [1.54, 1.807) is 0 Å². The summed E-state index contributed by atoms with van der Waals surface area (Å²) >= 11 is 0. The fourth-order valence-corrected chi connectivity index (χ4v) is 4.63. The second-order valence-electron chi connectivity index (χ2n) is 7.75. The lowest BCUT2D eigenvalue weighted by molar-refractivity contribution is 0.162. The van der Waals surface area contributed by atoms with Gasteiger partial charge < -0.3 is 15.5 Å². The molecule has 130 valence electrons. The molecule has 24 heavy (non-hydrogen) atoms. The van der Waals surface area contributed by atoms with Crippen molar-refractivity contribution in [3.63, 3.8) is 0 Å². The summed E-state index contributed by atoms with van der Waals surface area (Å²) in [5.41, 5.74) is 1.24. The molecule has 4 rings (SSSR count). The van der Waals surface area contributed by atoms with Crippen LogP contribution in [0.2, 0.25) is 0 Å². The van der Waals surface area contributed by atoms with Crippen LogP contribution in [0.15, 0.2) is 30.3 Å². The lowest BCUT2D eigenvalue weighted by Crippen LogP contribution is -2.51. The van der Waals surface area contributed by atoms with E-state index in [2.05, 4.69) is 39.8 Å². The SMILES string of the molecule is O=C(N[C@@H]1CCN2CCC[C@@H]2C1)N[C@@H](c1ccccc1)C1CCC1. The Balaban J connectivity index is 1.35. The van der Waals surface area contributed by atoms with Crippen LogP contribution in [-0.4, -0.2) is 36.1 Å². The minimum atomic E-state index is 0.0206. The van der Waals surface area contributed by atoms with Crippen molar-refractivity contribution in [3.8, 4) is 0 Å². The molecule has 1 aromatic carbocycles. The van der Waals surface area contributed by atoms with Gasteiger partial charge in [-0.05, 0) is 56.6 Å². The number of piperidine rings is 1. The molecule has 4 nitrogen and oxygen atoms in total. The Morgan fingerprint density at radius 2 is 1.88 bits per heavy atom. The van der Waals surface area contributed by atoms with Gasteiger partial charge in [0.05, 0.1) is 6.04 Å². The Labute approximate surface area is 145 Å². The van der Waals surface area contributed by atoms with Crippen molar-refractivity contribution in [2.75, 3.05) is 13.1 Å². The van der Waals surface area contributed by atoms with E-state index in [1.165, 1.54) is 44.2 Å². The first-order valence-electron chi connectivity index (χ1n) is 9.65. The number of rotatable bonds is 4. The Morgan fingerprint density at radius 1 is 1.04 bits per heavy atom. The summed E-state index contributed by atoms with van der Waals surface area (Å²) in [6, 6.07) is 11.7. The van der Waals surface area contributed by atoms with Crippen LogP contribution >= 0.6 is 0 Å². The van der Waals surface area contributed by atoms with E-state index in [-0.39, 0.29) is 12.1 Å². The molecule has 0 bridgehead atoms. The number of carbonyl (C=O) groups is 1. The zero-order chi connectivity index (χ0) is 16.4. The van der Waals surface area contributed by atoms with Crippen LogP contribution in [-0.2, 0) is 0 Å². The molecule has 3 aliphatic rings. The van der Waals surface area contributed by atoms with E-state index >= 15 is 0 Å². The lowest BCUT2D eigenvalue weighted by atomic mass is 9.77. The maximum absolute atomic E-state index is 12.6. The summed E-state index contributed by atoms with van der Waals surface area (Å²) < 4.78 is 0. The zero-order valence-electron chi connectivity index (χ0n) is 14.4. The van der Waals surface area contributed by atoms with Gasteiger partial charge in [0, 0.05) is 18.6 Å². The zero-order valence-corrected chi connectivity index (χ0v) is 14.4. The van der Waals surface area contributed by atoms with Crippen molar-refractivity contribution in [3.05, 3.63) is 35.9 Å². The highest BCUT2D eigenvalue weighted by atomic mass is 16.2. The van der Waals surface area contributed by atoms with Crippen LogP contribution < -0.4 is 10.6 Å². The number of urea groups is 1. The second-order valence-corrected chi connectivity index (χ2v) is 7.75. The van der Waals surface area contributed by atoms with Gasteiger partial charge in [-0.15, -0.1) is 0 Å². The first-order chi connectivity index (χ1) is 11.8. The summed E-state index contributed by atoms with van der Waals surface area (Å²) in [5.74, 6) is 0.592. The summed E-state index contributed by atoms with van der Waals surface area (Å²) in [6.07, 6.45) is 8.56. The molecule has 1 aromatic rings. The summed E-state index contributed by atoms with van der Waals surface area (Å²) in [4.78, 5) is 15.2. The molecule has 0 aromatic heterocycles. The maximum Gasteiger partial charge on any atom is 0.315 e. The van der Waals surface area contributed by atoms with Crippen LogP contribution in [0.5, 0.6) is 0 Å². The van der Waals surface area contributed by atoms with E-state index in [0.29, 0.717) is 18.0 Å². The number of benzene rings is 1. The molecule has 2 amide bonds. The molecular weight excluding hydrogens is 298 g/mol. The van der Waals surface area contributed by atoms with Gasteiger partial charge in [0.2, 0.25) is 0 Å². The standard InChI is InChI=1S/C20H29N3O/c24-20(21-17-11-13-23-12-5-10-18(23)14-17)22-19(16-8-4-9-16)15-6-2-1-3-7-15/h1-3,6-7,16-19H,4-5,8-14H2,(H2,21,22,24)/t17-,18-,19+/m1/s1. The minimum absolute atomic E-state index is 0.0206. The van der Waals surface area contributed by atoms with Gasteiger partial charge in [-0.2, -0.15) is 0 Å². The first kappa shape index (κ1) is 15.9. The van der Waals surface area contributed by atoms with Crippen molar-refractivity contribution in [2.24, 2.45) is 5.92 Å². The second kappa shape index (κ2) is 7.14. The van der Waals surface area contributed by atoms with Crippen LogP contribution in [0.3, 0.4) is 0 Å². The normalized spacial score (nSPS) is 28.7. The number of hydrogen-bond acceptors (Lipinski definition) is 2. The third kappa shape index (κ3) is 3.44. The number of hydrogen-bond donors (Lipinski definition) is 2. The van der Waals surface area contributed by atoms with Gasteiger partial charge in [-0.1, -0.05) is 36.8 Å². The molecule has 2 N–H and O–H groups in total. The quantitative estimate of drug-likeness (QED) is 0.889. The average Bonchev–Trinajstić information content (AvgIpc) is 3.01. The smallest absolute Gasteiger partial charge is 0.315 e. The molecule has 0 radical (unpaired) electrons. The number of amides is 2. The molecule has 1 saturated carbocycles. The lowest BCUT2D eigenvalue weighted by Gasteiger charge is -2.37. The predicted molar refractivity (Wildman–Crippen MR) is 95.8 cm³/mol. The summed E-state index contributed by atoms with van der Waals surface area (Å²) in [5, 5.41) is 6.54. The Kier molecular flexibility index (Phi) is 4.74. The fraction of sp³-hybridized carbons (Fsp3) is 0.650. The molecule has 3 atom stereocenters. The van der Waals surface area contributed by atoms with Gasteiger partial charge >= 0.3 is 6.03 Å². The monoisotopic (exact) mass is 327 g/mol. The first-order valence-corrected chi connectivity index (χ1v) is 9.65. The highest BCUT2D eigenvalue weighted by molar-refractivity contribution is 5.74. The Bertz CT molecular complexity index is 557. The molecular formula is C20H29N3O. The van der Waals surface area contributed by atoms with Crippen molar-refractivity contribution >= 4 is 6.03 Å². The molecule has 2 saturated heterocycles. The van der Waals surface area contributed by atoms with E-state index in [4.69, 9.17) is 0 Å². The maximum atomic E-state index is 12.6. The minimum Gasteiger partial charge on any atom is -0.335 e. The van der Waals surface area contributed by atoms with Crippen LogP contribution in [0.1, 0.15) is 56.6 Å². The van der Waals surface area contributed by atoms with Gasteiger partial charge in [0.1, 0.15) is 0 Å². The topological polar surface area (TPSA) is 44.4 Å². The van der Waals surface area contributed by atoms with E-state index in [1.807, 2.05) is 6.07 Å². The predicted octanol–water partition coefficient (Wildman–Crippen LogP) is 3.45. The molecule has 0 unspecified atom stereocenters. The van der Waals surface area contributed by atoms with Crippen molar-refractivity contribution in [2.45, 2.75) is 63.1 Å². The number of nitrogens with zero attached hydrogens (tertiary/aromatic N) is 1. The average molecular weight is 327 g/mol. The molecule has 1 aliphatic carbocycles. The van der Waals surface area contributed by atoms with Crippen LogP contribution in [0.4, 0.5) is 4.79 Å². The number of nitrogens with one attached hydrogen (secondary N) is 2. The molecule has 2 heterocycles. The van der Waals surface area contributed by atoms with Crippen molar-refractivity contribution in [1.29, 1.82) is 0 Å². The summed E-state index contributed by atoms with van der Waals surface area (Å²) in [7, 11) is 0.